The molecule has 3 nitrogen and oxygen atoms in total. The van der Waals surface area contributed by atoms with Gasteiger partial charge in [0, 0.05) is 26.3 Å². The SMILES string of the molecule is CC1(C)Cc2nc(C3CCCC3)c([C@H](O)c3ccc(F)cc3)c(I)c2C(O[Si](C)(C)C(C)(C)C)C1. The minimum Gasteiger partial charge on any atom is -0.410 e. The highest BCUT2D eigenvalue weighted by Crippen LogP contribution is 2.51. The average molecular weight is 610 g/mol. The molecular formula is C29H41FINO2Si. The molecule has 0 aliphatic heterocycles. The number of nitrogens with zero attached hydrogens (tertiary/aromatic N) is 1. The summed E-state index contributed by atoms with van der Waals surface area (Å²) in [6.07, 6.45) is 5.62. The Morgan fingerprint density at radius 1 is 1.14 bits per heavy atom. The van der Waals surface area contributed by atoms with Crippen molar-refractivity contribution in [3.63, 3.8) is 0 Å². The van der Waals surface area contributed by atoms with E-state index in [9.17, 15) is 9.50 Å². The van der Waals surface area contributed by atoms with Gasteiger partial charge in [0.15, 0.2) is 8.32 Å². The Balaban J connectivity index is 1.89. The van der Waals surface area contributed by atoms with Crippen LogP contribution < -0.4 is 0 Å². The van der Waals surface area contributed by atoms with Crippen LogP contribution in [0.15, 0.2) is 24.3 Å². The minimum absolute atomic E-state index is 0.0363. The Morgan fingerprint density at radius 2 is 1.74 bits per heavy atom. The minimum atomic E-state index is -2.04. The maximum absolute atomic E-state index is 13.7. The fourth-order valence-electron chi connectivity index (χ4n) is 5.46. The Labute approximate surface area is 225 Å². The molecule has 6 heteroatoms. The molecule has 35 heavy (non-hydrogen) atoms. The molecule has 2 atom stereocenters. The van der Waals surface area contributed by atoms with Crippen molar-refractivity contribution < 1.29 is 13.9 Å². The van der Waals surface area contributed by atoms with Crippen molar-refractivity contribution in [3.05, 3.63) is 61.7 Å². The first-order valence-corrected chi connectivity index (χ1v) is 17.0. The highest BCUT2D eigenvalue weighted by atomic mass is 127. The van der Waals surface area contributed by atoms with Gasteiger partial charge in [-0.1, -0.05) is 59.6 Å². The monoisotopic (exact) mass is 609 g/mol. The molecule has 1 saturated carbocycles. The summed E-state index contributed by atoms with van der Waals surface area (Å²) in [6.45, 7) is 16.1. The summed E-state index contributed by atoms with van der Waals surface area (Å²) in [7, 11) is -2.04. The molecule has 1 aromatic carbocycles. The second-order valence-corrected chi connectivity index (χ2v) is 18.8. The summed E-state index contributed by atoms with van der Waals surface area (Å²) >= 11 is 2.45. The summed E-state index contributed by atoms with van der Waals surface area (Å²) in [5, 5.41) is 11.8. The van der Waals surface area contributed by atoms with Crippen LogP contribution >= 0.6 is 22.6 Å². The molecule has 1 heterocycles. The third kappa shape index (κ3) is 5.55. The molecule has 0 spiro atoms. The summed E-state index contributed by atoms with van der Waals surface area (Å²) in [4.78, 5) is 5.35. The van der Waals surface area contributed by atoms with Gasteiger partial charge in [0.05, 0.1) is 11.8 Å². The number of aliphatic hydroxyl groups excluding tert-OH is 1. The fraction of sp³-hybridized carbons (Fsp3) is 0.621. The van der Waals surface area contributed by atoms with E-state index in [1.807, 2.05) is 0 Å². The first-order chi connectivity index (χ1) is 16.2. The lowest BCUT2D eigenvalue weighted by molar-refractivity contribution is 0.104. The lowest BCUT2D eigenvalue weighted by atomic mass is 9.74. The van der Waals surface area contributed by atoms with Gasteiger partial charge in [0.1, 0.15) is 11.9 Å². The molecule has 0 saturated heterocycles. The molecule has 0 radical (unpaired) electrons. The number of aromatic nitrogens is 1. The molecule has 0 amide bonds. The number of rotatable bonds is 5. The first kappa shape index (κ1) is 27.2. The Bertz CT molecular complexity index is 1070. The van der Waals surface area contributed by atoms with Gasteiger partial charge in [0.2, 0.25) is 0 Å². The predicted octanol–water partition coefficient (Wildman–Crippen LogP) is 8.60. The van der Waals surface area contributed by atoms with Crippen LogP contribution in [0.4, 0.5) is 4.39 Å². The first-order valence-electron chi connectivity index (χ1n) is 13.0. The van der Waals surface area contributed by atoms with Gasteiger partial charge in [-0.05, 0) is 89.5 Å². The van der Waals surface area contributed by atoms with Crippen LogP contribution in [0.5, 0.6) is 0 Å². The van der Waals surface area contributed by atoms with E-state index in [4.69, 9.17) is 9.41 Å². The third-order valence-electron chi connectivity index (χ3n) is 8.47. The normalized spacial score (nSPS) is 21.7. The van der Waals surface area contributed by atoms with Crippen LogP contribution in [0.2, 0.25) is 18.1 Å². The zero-order chi connectivity index (χ0) is 25.8. The van der Waals surface area contributed by atoms with Crippen LogP contribution in [0.25, 0.3) is 0 Å². The van der Waals surface area contributed by atoms with E-state index >= 15 is 0 Å². The van der Waals surface area contributed by atoms with Gasteiger partial charge < -0.3 is 9.53 Å². The zero-order valence-corrected chi connectivity index (χ0v) is 25.5. The quantitative estimate of drug-likeness (QED) is 0.273. The summed E-state index contributed by atoms with van der Waals surface area (Å²) in [5.41, 5.74) is 5.08. The second kappa shape index (κ2) is 9.80. The van der Waals surface area contributed by atoms with Gasteiger partial charge >= 0.3 is 0 Å². The maximum Gasteiger partial charge on any atom is 0.192 e. The Hall–Kier alpha value is -0.833. The highest BCUT2D eigenvalue weighted by molar-refractivity contribution is 14.1. The molecule has 2 aliphatic rings. The van der Waals surface area contributed by atoms with Crippen molar-refractivity contribution in [1.29, 1.82) is 0 Å². The van der Waals surface area contributed by atoms with E-state index in [0.717, 1.165) is 46.2 Å². The summed E-state index contributed by atoms with van der Waals surface area (Å²) < 4.78 is 21.8. The predicted molar refractivity (Wildman–Crippen MR) is 152 cm³/mol. The largest absolute Gasteiger partial charge is 0.410 e. The Kier molecular flexibility index (Phi) is 7.62. The van der Waals surface area contributed by atoms with E-state index in [1.54, 1.807) is 12.1 Å². The van der Waals surface area contributed by atoms with Crippen LogP contribution in [0.1, 0.15) is 113 Å². The van der Waals surface area contributed by atoms with Gasteiger partial charge in [-0.15, -0.1) is 0 Å². The molecule has 192 valence electrons. The zero-order valence-electron chi connectivity index (χ0n) is 22.3. The lowest BCUT2D eigenvalue weighted by Gasteiger charge is -2.44. The molecule has 2 aromatic rings. The third-order valence-corrected chi connectivity index (χ3v) is 14.1. The second-order valence-electron chi connectivity index (χ2n) is 12.9. The molecule has 4 rings (SSSR count). The number of benzene rings is 1. The number of halogens is 2. The molecule has 1 fully saturated rings. The standard InChI is InChI=1S/C29H41FINO2Si/c1-28(2,3)35(6,7)34-22-17-29(4,5)16-21-23(22)25(31)24(26(32-21)18-10-8-9-11-18)27(33)19-12-14-20(30)15-13-19/h12-15,18,22,27,33H,8-11,16-17H2,1-7H3/t22?,27-/m1/s1. The van der Waals surface area contributed by atoms with E-state index < -0.39 is 14.4 Å². The van der Waals surface area contributed by atoms with Gasteiger partial charge in [0.25, 0.3) is 0 Å². The number of fused-ring (bicyclic) bond motifs is 1. The van der Waals surface area contributed by atoms with Crippen molar-refractivity contribution in [2.24, 2.45) is 5.41 Å². The topological polar surface area (TPSA) is 42.4 Å². The molecule has 2 aliphatic carbocycles. The van der Waals surface area contributed by atoms with E-state index in [1.165, 1.54) is 30.5 Å². The number of aliphatic hydroxyl groups is 1. The van der Waals surface area contributed by atoms with Crippen LogP contribution in [-0.2, 0) is 10.8 Å². The van der Waals surface area contributed by atoms with E-state index in [2.05, 4.69) is 70.3 Å². The van der Waals surface area contributed by atoms with Crippen molar-refractivity contribution in [3.8, 4) is 0 Å². The molecule has 1 unspecified atom stereocenters. The smallest absolute Gasteiger partial charge is 0.192 e. The highest BCUT2D eigenvalue weighted by Gasteiger charge is 2.44. The number of hydrogen-bond donors (Lipinski definition) is 1. The van der Waals surface area contributed by atoms with Crippen molar-refractivity contribution in [2.45, 2.75) is 109 Å². The summed E-state index contributed by atoms with van der Waals surface area (Å²) in [6, 6.07) is 6.25. The Morgan fingerprint density at radius 3 is 2.31 bits per heavy atom. The maximum atomic E-state index is 13.7. The van der Waals surface area contributed by atoms with Gasteiger partial charge in [-0.3, -0.25) is 4.98 Å². The molecule has 1 aromatic heterocycles. The average Bonchev–Trinajstić information content (AvgIpc) is 3.26. The number of hydrogen-bond acceptors (Lipinski definition) is 3. The van der Waals surface area contributed by atoms with Crippen molar-refractivity contribution in [1.82, 2.24) is 4.98 Å². The van der Waals surface area contributed by atoms with E-state index in [-0.39, 0.29) is 22.4 Å². The van der Waals surface area contributed by atoms with Crippen LogP contribution in [-0.4, -0.2) is 18.4 Å². The number of pyridine rings is 1. The van der Waals surface area contributed by atoms with Crippen LogP contribution in [0, 0.1) is 14.8 Å². The van der Waals surface area contributed by atoms with E-state index in [0.29, 0.717) is 11.5 Å². The lowest BCUT2D eigenvalue weighted by Crippen LogP contribution is -2.44. The van der Waals surface area contributed by atoms with Gasteiger partial charge in [-0.2, -0.15) is 0 Å². The molecule has 1 N–H and O–H groups in total. The van der Waals surface area contributed by atoms with Gasteiger partial charge in [-0.25, -0.2) is 4.39 Å². The summed E-state index contributed by atoms with van der Waals surface area (Å²) in [5.74, 6) is 0.0732. The van der Waals surface area contributed by atoms with Crippen molar-refractivity contribution in [2.75, 3.05) is 0 Å². The van der Waals surface area contributed by atoms with Crippen molar-refractivity contribution >= 4 is 30.9 Å². The fourth-order valence-corrected chi connectivity index (χ4v) is 7.95. The molecular weight excluding hydrogens is 568 g/mol. The molecule has 0 bridgehead atoms. The van der Waals surface area contributed by atoms with Crippen LogP contribution in [0.3, 0.4) is 0 Å².